The second-order valence-corrected chi connectivity index (χ2v) is 3.78. The molecule has 0 saturated carbocycles. The summed E-state index contributed by atoms with van der Waals surface area (Å²) in [6.45, 7) is 4.05. The van der Waals surface area contributed by atoms with Gasteiger partial charge in [0.05, 0.1) is 6.10 Å². The second-order valence-electron chi connectivity index (χ2n) is 2.63. The molecule has 0 aromatic carbocycles. The van der Waals surface area contributed by atoms with Crippen LogP contribution in [0.2, 0.25) is 0 Å². The van der Waals surface area contributed by atoms with Gasteiger partial charge < -0.3 is 5.11 Å². The second kappa shape index (κ2) is 7.42. The van der Waals surface area contributed by atoms with Crippen LogP contribution in [0, 0.1) is 0 Å². The fourth-order valence-corrected chi connectivity index (χ4v) is 1.62. The van der Waals surface area contributed by atoms with Crippen LogP contribution in [0.5, 0.6) is 0 Å². The molecule has 1 atom stereocenters. The predicted molar refractivity (Wildman–Crippen MR) is 48.5 cm³/mol. The minimum absolute atomic E-state index is 0.133. The summed E-state index contributed by atoms with van der Waals surface area (Å²) in [5.74, 6) is 2.10. The highest BCUT2D eigenvalue weighted by atomic mass is 32.2. The molecule has 0 unspecified atom stereocenters. The lowest BCUT2D eigenvalue weighted by atomic mass is 10.3. The van der Waals surface area contributed by atoms with Crippen LogP contribution < -0.4 is 0 Å². The summed E-state index contributed by atoms with van der Waals surface area (Å²) in [5, 5.41) is 8.89. The number of rotatable bonds is 6. The molecule has 0 aromatic heterocycles. The van der Waals surface area contributed by atoms with E-state index in [0.717, 1.165) is 5.75 Å². The van der Waals surface area contributed by atoms with Crippen LogP contribution in [0.1, 0.15) is 33.1 Å². The average Bonchev–Trinajstić information content (AvgIpc) is 1.87. The van der Waals surface area contributed by atoms with Crippen molar-refractivity contribution in [1.29, 1.82) is 0 Å². The van der Waals surface area contributed by atoms with Crippen molar-refractivity contribution in [3.05, 3.63) is 0 Å². The fourth-order valence-electron chi connectivity index (χ4n) is 0.708. The number of hydrogen-bond acceptors (Lipinski definition) is 2. The zero-order valence-corrected chi connectivity index (χ0v) is 7.78. The lowest BCUT2D eigenvalue weighted by Crippen LogP contribution is -2.03. The van der Waals surface area contributed by atoms with Crippen molar-refractivity contribution in [2.24, 2.45) is 0 Å². The Morgan fingerprint density at radius 1 is 1.40 bits per heavy atom. The molecule has 10 heavy (non-hydrogen) atoms. The molecule has 1 N–H and O–H groups in total. The van der Waals surface area contributed by atoms with E-state index in [1.54, 1.807) is 0 Å². The van der Waals surface area contributed by atoms with E-state index in [9.17, 15) is 0 Å². The smallest absolute Gasteiger partial charge is 0.0602 e. The van der Waals surface area contributed by atoms with Gasteiger partial charge in [-0.1, -0.05) is 19.8 Å². The van der Waals surface area contributed by atoms with Crippen LogP contribution in [-0.2, 0) is 0 Å². The largest absolute Gasteiger partial charge is 0.393 e. The van der Waals surface area contributed by atoms with Crippen LogP contribution in [0.25, 0.3) is 0 Å². The highest BCUT2D eigenvalue weighted by Crippen LogP contribution is 2.07. The van der Waals surface area contributed by atoms with E-state index in [0.29, 0.717) is 0 Å². The normalized spacial score (nSPS) is 13.5. The van der Waals surface area contributed by atoms with Gasteiger partial charge in [0.1, 0.15) is 0 Å². The van der Waals surface area contributed by atoms with Gasteiger partial charge in [0, 0.05) is 5.75 Å². The third-order valence-electron chi connectivity index (χ3n) is 1.25. The Balaban J connectivity index is 2.77. The molecule has 0 radical (unpaired) electrons. The Labute approximate surface area is 68.2 Å². The zero-order chi connectivity index (χ0) is 7.82. The minimum atomic E-state index is -0.133. The summed E-state index contributed by atoms with van der Waals surface area (Å²) in [6, 6.07) is 0. The number of thioether (sulfide) groups is 1. The Morgan fingerprint density at radius 3 is 2.60 bits per heavy atom. The van der Waals surface area contributed by atoms with Crippen molar-refractivity contribution in [2.45, 2.75) is 39.2 Å². The van der Waals surface area contributed by atoms with Gasteiger partial charge in [-0.3, -0.25) is 0 Å². The third-order valence-corrected chi connectivity index (χ3v) is 2.55. The molecule has 62 valence electrons. The lowest BCUT2D eigenvalue weighted by molar-refractivity contribution is 0.220. The summed E-state index contributed by atoms with van der Waals surface area (Å²) >= 11 is 1.85. The highest BCUT2D eigenvalue weighted by molar-refractivity contribution is 7.99. The molecule has 0 saturated heterocycles. The summed E-state index contributed by atoms with van der Waals surface area (Å²) in [6.07, 6.45) is 3.78. The van der Waals surface area contributed by atoms with E-state index in [-0.39, 0.29) is 6.10 Å². The Bertz CT molecular complexity index is 64.3. The molecule has 0 spiro atoms. The van der Waals surface area contributed by atoms with E-state index in [1.807, 2.05) is 18.7 Å². The quantitative estimate of drug-likeness (QED) is 0.605. The van der Waals surface area contributed by atoms with Crippen LogP contribution in [-0.4, -0.2) is 22.7 Å². The summed E-state index contributed by atoms with van der Waals surface area (Å²) < 4.78 is 0. The molecule has 0 rings (SSSR count). The average molecular weight is 162 g/mol. The first kappa shape index (κ1) is 10.3. The molecule has 0 heterocycles. The van der Waals surface area contributed by atoms with Crippen molar-refractivity contribution in [3.63, 3.8) is 0 Å². The number of hydrogen-bond donors (Lipinski definition) is 1. The molecule has 0 aliphatic heterocycles. The number of unbranched alkanes of at least 4 members (excludes halogenated alkanes) is 2. The maximum Gasteiger partial charge on any atom is 0.0602 e. The summed E-state index contributed by atoms with van der Waals surface area (Å²) in [7, 11) is 0. The Kier molecular flexibility index (Phi) is 7.65. The van der Waals surface area contributed by atoms with E-state index in [1.165, 1.54) is 25.0 Å². The van der Waals surface area contributed by atoms with Crippen molar-refractivity contribution in [2.75, 3.05) is 11.5 Å². The maximum absolute atomic E-state index is 8.89. The molecule has 2 heteroatoms. The van der Waals surface area contributed by atoms with Gasteiger partial charge in [0.15, 0.2) is 0 Å². The standard InChI is InChI=1S/C8H18OS/c1-3-4-5-6-10-7-8(2)9/h8-9H,3-7H2,1-2H3/t8-/m1/s1. The summed E-state index contributed by atoms with van der Waals surface area (Å²) in [4.78, 5) is 0. The van der Waals surface area contributed by atoms with Gasteiger partial charge in [-0.25, -0.2) is 0 Å². The topological polar surface area (TPSA) is 20.2 Å². The van der Waals surface area contributed by atoms with Crippen LogP contribution >= 0.6 is 11.8 Å². The van der Waals surface area contributed by atoms with E-state index < -0.39 is 0 Å². The van der Waals surface area contributed by atoms with E-state index >= 15 is 0 Å². The maximum atomic E-state index is 8.89. The molecular formula is C8H18OS. The van der Waals surface area contributed by atoms with Gasteiger partial charge in [0.2, 0.25) is 0 Å². The highest BCUT2D eigenvalue weighted by Gasteiger charge is 1.94. The molecule has 0 aliphatic rings. The van der Waals surface area contributed by atoms with E-state index in [2.05, 4.69) is 6.92 Å². The first-order valence-corrected chi connectivity index (χ1v) is 5.18. The third kappa shape index (κ3) is 8.31. The molecule has 0 amide bonds. The molecular weight excluding hydrogens is 144 g/mol. The Hall–Kier alpha value is 0.310. The van der Waals surface area contributed by atoms with Gasteiger partial charge in [-0.2, -0.15) is 11.8 Å². The van der Waals surface area contributed by atoms with Gasteiger partial charge in [-0.15, -0.1) is 0 Å². The lowest BCUT2D eigenvalue weighted by Gasteiger charge is -2.02. The molecule has 0 fully saturated rings. The van der Waals surface area contributed by atoms with Crippen molar-refractivity contribution < 1.29 is 5.11 Å². The molecule has 0 aliphatic carbocycles. The number of aliphatic hydroxyl groups is 1. The first-order valence-electron chi connectivity index (χ1n) is 4.03. The minimum Gasteiger partial charge on any atom is -0.393 e. The van der Waals surface area contributed by atoms with E-state index in [4.69, 9.17) is 5.11 Å². The molecule has 0 aromatic rings. The van der Waals surface area contributed by atoms with Gasteiger partial charge >= 0.3 is 0 Å². The molecule has 1 nitrogen and oxygen atoms in total. The summed E-state index contributed by atoms with van der Waals surface area (Å²) in [5.41, 5.74) is 0. The van der Waals surface area contributed by atoms with Gasteiger partial charge in [-0.05, 0) is 19.1 Å². The monoisotopic (exact) mass is 162 g/mol. The van der Waals surface area contributed by atoms with Crippen LogP contribution in [0.3, 0.4) is 0 Å². The Morgan fingerprint density at radius 2 is 2.10 bits per heavy atom. The van der Waals surface area contributed by atoms with Crippen molar-refractivity contribution in [1.82, 2.24) is 0 Å². The first-order chi connectivity index (χ1) is 4.77. The van der Waals surface area contributed by atoms with Crippen LogP contribution in [0.4, 0.5) is 0 Å². The van der Waals surface area contributed by atoms with Gasteiger partial charge in [0.25, 0.3) is 0 Å². The van der Waals surface area contributed by atoms with Crippen molar-refractivity contribution in [3.8, 4) is 0 Å². The van der Waals surface area contributed by atoms with Crippen molar-refractivity contribution >= 4 is 11.8 Å². The number of aliphatic hydroxyl groups excluding tert-OH is 1. The zero-order valence-electron chi connectivity index (χ0n) is 6.97. The van der Waals surface area contributed by atoms with Crippen LogP contribution in [0.15, 0.2) is 0 Å². The fraction of sp³-hybridized carbons (Fsp3) is 1.00. The molecule has 0 bridgehead atoms. The SMILES string of the molecule is CCCCCSC[C@@H](C)O. The predicted octanol–water partition coefficient (Wildman–Crippen LogP) is 2.29.